The average Bonchev–Trinajstić information content (AvgIpc) is 1.89. The highest BCUT2D eigenvalue weighted by atomic mass is 16.3. The van der Waals surface area contributed by atoms with E-state index in [1.165, 1.54) is 12.3 Å². The summed E-state index contributed by atoms with van der Waals surface area (Å²) in [5, 5.41) is 8.21. The smallest absolute Gasteiger partial charge is 0.202 e. The van der Waals surface area contributed by atoms with Gasteiger partial charge in [0.25, 0.3) is 0 Å². The predicted octanol–water partition coefficient (Wildman–Crippen LogP) is 0.511. The van der Waals surface area contributed by atoms with Crippen LogP contribution < -0.4 is 5.43 Å². The zero-order valence-corrected chi connectivity index (χ0v) is 4.50. The Bertz CT molecular complexity index is 294. The molecule has 0 aliphatic rings. The summed E-state index contributed by atoms with van der Waals surface area (Å²) in [6.45, 7) is 0. The number of hydrogen-bond acceptors (Lipinski definition) is 3. The Balaban J connectivity index is 3.38. The van der Waals surface area contributed by atoms with Crippen molar-refractivity contribution in [3.63, 3.8) is 0 Å². The number of nitrogens with zero attached hydrogens (tertiary/aromatic N) is 1. The quantitative estimate of drug-likeness (QED) is 0.502. The van der Waals surface area contributed by atoms with Gasteiger partial charge in [-0.15, -0.1) is 0 Å². The van der Waals surface area contributed by atoms with E-state index in [2.05, 4.69) is 4.42 Å². The molecule has 0 spiro atoms. The second-order valence-electron chi connectivity index (χ2n) is 1.45. The molecule has 0 N–H and O–H groups in total. The third-order valence-corrected chi connectivity index (χ3v) is 0.870. The van der Waals surface area contributed by atoms with Crippen molar-refractivity contribution in [3.05, 3.63) is 34.4 Å². The average molecular weight is 121 g/mol. The highest BCUT2D eigenvalue weighted by molar-refractivity contribution is 5.22. The summed E-state index contributed by atoms with van der Waals surface area (Å²) in [6.07, 6.45) is 2.37. The van der Waals surface area contributed by atoms with E-state index in [0.29, 0.717) is 0 Å². The third-order valence-electron chi connectivity index (χ3n) is 0.870. The fourth-order valence-electron chi connectivity index (χ4n) is 0.438. The molecule has 0 saturated carbocycles. The van der Waals surface area contributed by atoms with Gasteiger partial charge < -0.3 is 4.42 Å². The largest absolute Gasteiger partial charge is 0.471 e. The minimum absolute atomic E-state index is 0.0394. The van der Waals surface area contributed by atoms with Crippen molar-refractivity contribution >= 4 is 0 Å². The van der Waals surface area contributed by atoms with E-state index >= 15 is 0 Å². The summed E-state index contributed by atoms with van der Waals surface area (Å²) in [7, 11) is 0. The molecule has 0 atom stereocenters. The van der Waals surface area contributed by atoms with Gasteiger partial charge in [0, 0.05) is 6.07 Å². The number of nitriles is 1. The molecule has 0 unspecified atom stereocenters. The van der Waals surface area contributed by atoms with Gasteiger partial charge in [-0.25, -0.2) is 0 Å². The SMILES string of the molecule is N#Cc1coccc1=O. The highest BCUT2D eigenvalue weighted by Gasteiger charge is 1.92. The summed E-state index contributed by atoms with van der Waals surface area (Å²) in [4.78, 5) is 10.6. The molecule has 1 rings (SSSR count). The van der Waals surface area contributed by atoms with E-state index in [0.717, 1.165) is 6.26 Å². The topological polar surface area (TPSA) is 54.0 Å². The van der Waals surface area contributed by atoms with E-state index in [1.807, 2.05) is 0 Å². The van der Waals surface area contributed by atoms with Gasteiger partial charge >= 0.3 is 0 Å². The van der Waals surface area contributed by atoms with E-state index < -0.39 is 0 Å². The lowest BCUT2D eigenvalue weighted by Gasteiger charge is -1.80. The maximum atomic E-state index is 10.6. The zero-order valence-electron chi connectivity index (χ0n) is 4.50. The van der Waals surface area contributed by atoms with E-state index in [4.69, 9.17) is 5.26 Å². The molecule has 1 aromatic heterocycles. The maximum Gasteiger partial charge on any atom is 0.202 e. The van der Waals surface area contributed by atoms with Crippen molar-refractivity contribution in [1.82, 2.24) is 0 Å². The minimum Gasteiger partial charge on any atom is -0.471 e. The van der Waals surface area contributed by atoms with Crippen LogP contribution in [0.25, 0.3) is 0 Å². The summed E-state index contributed by atoms with van der Waals surface area (Å²) >= 11 is 0. The molecule has 44 valence electrons. The van der Waals surface area contributed by atoms with E-state index in [-0.39, 0.29) is 11.0 Å². The Morgan fingerprint density at radius 3 is 2.89 bits per heavy atom. The van der Waals surface area contributed by atoms with E-state index in [1.54, 1.807) is 6.07 Å². The molecule has 3 heteroatoms. The summed E-state index contributed by atoms with van der Waals surface area (Å²) in [6, 6.07) is 2.90. The molecule has 0 aliphatic heterocycles. The van der Waals surface area contributed by atoms with Crippen molar-refractivity contribution < 1.29 is 4.42 Å². The van der Waals surface area contributed by atoms with Gasteiger partial charge in [0.2, 0.25) is 5.43 Å². The van der Waals surface area contributed by atoms with E-state index in [9.17, 15) is 4.79 Å². The fourth-order valence-corrected chi connectivity index (χ4v) is 0.438. The van der Waals surface area contributed by atoms with Gasteiger partial charge in [-0.2, -0.15) is 5.26 Å². The number of rotatable bonds is 0. The molecule has 0 aliphatic carbocycles. The van der Waals surface area contributed by atoms with Crippen LogP contribution in [-0.4, -0.2) is 0 Å². The van der Waals surface area contributed by atoms with Crippen molar-refractivity contribution in [2.45, 2.75) is 0 Å². The van der Waals surface area contributed by atoms with Crippen molar-refractivity contribution in [1.29, 1.82) is 5.26 Å². The summed E-state index contributed by atoms with van der Waals surface area (Å²) < 4.78 is 4.56. The van der Waals surface area contributed by atoms with Crippen LogP contribution >= 0.6 is 0 Å². The Morgan fingerprint density at radius 2 is 2.44 bits per heavy atom. The van der Waals surface area contributed by atoms with Gasteiger partial charge in [0.15, 0.2) is 0 Å². The molecule has 1 aromatic rings. The fraction of sp³-hybridized carbons (Fsp3) is 0. The van der Waals surface area contributed by atoms with Crippen LogP contribution in [0.4, 0.5) is 0 Å². The van der Waals surface area contributed by atoms with Crippen LogP contribution in [0, 0.1) is 11.3 Å². The van der Waals surface area contributed by atoms with Gasteiger partial charge in [0.05, 0.1) is 6.26 Å². The molecule has 0 radical (unpaired) electrons. The molecular weight excluding hydrogens is 118 g/mol. The summed E-state index contributed by atoms with van der Waals surface area (Å²) in [5.74, 6) is 0. The van der Waals surface area contributed by atoms with Crippen LogP contribution in [0.2, 0.25) is 0 Å². The van der Waals surface area contributed by atoms with Crippen LogP contribution in [-0.2, 0) is 0 Å². The second-order valence-corrected chi connectivity index (χ2v) is 1.45. The monoisotopic (exact) mass is 121 g/mol. The van der Waals surface area contributed by atoms with Crippen LogP contribution in [0.15, 0.2) is 27.8 Å². The maximum absolute atomic E-state index is 10.6. The molecule has 0 saturated heterocycles. The molecule has 9 heavy (non-hydrogen) atoms. The minimum atomic E-state index is -0.302. The van der Waals surface area contributed by atoms with Crippen LogP contribution in [0.5, 0.6) is 0 Å². The van der Waals surface area contributed by atoms with Gasteiger partial charge in [-0.3, -0.25) is 4.79 Å². The Morgan fingerprint density at radius 1 is 1.67 bits per heavy atom. The highest BCUT2D eigenvalue weighted by Crippen LogP contribution is 1.85. The second kappa shape index (κ2) is 2.14. The molecule has 1 heterocycles. The lowest BCUT2D eigenvalue weighted by Crippen LogP contribution is -2.00. The van der Waals surface area contributed by atoms with Gasteiger partial charge in [0.1, 0.15) is 17.9 Å². The summed E-state index contributed by atoms with van der Waals surface area (Å²) in [5.41, 5.74) is -0.263. The first-order valence-corrected chi connectivity index (χ1v) is 2.31. The number of hydrogen-bond donors (Lipinski definition) is 0. The third kappa shape index (κ3) is 0.970. The molecule has 0 amide bonds. The standard InChI is InChI=1S/C6H3NO2/c7-3-5-4-9-2-1-6(5)8/h1-2,4H. The lowest BCUT2D eigenvalue weighted by atomic mass is 10.3. The lowest BCUT2D eigenvalue weighted by molar-refractivity contribution is 0.546. The zero-order chi connectivity index (χ0) is 6.69. The Labute approximate surface area is 51.2 Å². The Kier molecular flexibility index (Phi) is 1.32. The van der Waals surface area contributed by atoms with Crippen molar-refractivity contribution in [3.8, 4) is 6.07 Å². The van der Waals surface area contributed by atoms with Crippen LogP contribution in [0.3, 0.4) is 0 Å². The molecule has 0 bridgehead atoms. The van der Waals surface area contributed by atoms with Crippen molar-refractivity contribution in [2.24, 2.45) is 0 Å². The Hall–Kier alpha value is -1.56. The first-order valence-electron chi connectivity index (χ1n) is 2.31. The van der Waals surface area contributed by atoms with Gasteiger partial charge in [-0.05, 0) is 0 Å². The normalized spacial score (nSPS) is 8.33. The van der Waals surface area contributed by atoms with Crippen molar-refractivity contribution in [2.75, 3.05) is 0 Å². The molecule has 0 aromatic carbocycles. The molecule has 0 fully saturated rings. The predicted molar refractivity (Wildman–Crippen MR) is 29.7 cm³/mol. The molecular formula is C6H3NO2. The first kappa shape index (κ1) is 5.57. The first-order chi connectivity index (χ1) is 4.34. The molecule has 3 nitrogen and oxygen atoms in total. The van der Waals surface area contributed by atoms with Crippen LogP contribution in [0.1, 0.15) is 5.56 Å². The van der Waals surface area contributed by atoms with Gasteiger partial charge in [-0.1, -0.05) is 0 Å².